The van der Waals surface area contributed by atoms with Crippen LogP contribution in [0, 0.1) is 18.8 Å². The maximum atomic E-state index is 12.9. The molecule has 0 aliphatic heterocycles. The van der Waals surface area contributed by atoms with Gasteiger partial charge in [-0.25, -0.2) is 9.78 Å². The number of hydrogen-bond acceptors (Lipinski definition) is 4. The molecule has 1 saturated carbocycles. The van der Waals surface area contributed by atoms with Gasteiger partial charge in [-0.3, -0.25) is 9.48 Å². The molecule has 0 radical (unpaired) electrons. The van der Waals surface area contributed by atoms with Gasteiger partial charge in [0.05, 0.1) is 6.20 Å². The SMILES string of the molecule is Cc1cnn(C)c1Cc1ccnc(NC(=O)[C@@H](NC(=O)O)C2CCC(C)CC2)c1. The maximum Gasteiger partial charge on any atom is 0.405 e. The van der Waals surface area contributed by atoms with Crippen LogP contribution >= 0.6 is 0 Å². The molecule has 0 bridgehead atoms. The first-order valence-electron chi connectivity index (χ1n) is 10.1. The summed E-state index contributed by atoms with van der Waals surface area (Å²) in [5, 5.41) is 18.7. The Labute approximate surface area is 170 Å². The second-order valence-corrected chi connectivity index (χ2v) is 8.06. The summed E-state index contributed by atoms with van der Waals surface area (Å²) in [7, 11) is 1.90. The number of hydrogen-bond donors (Lipinski definition) is 3. The van der Waals surface area contributed by atoms with Crippen LogP contribution < -0.4 is 10.6 Å². The molecule has 2 heterocycles. The van der Waals surface area contributed by atoms with E-state index < -0.39 is 12.1 Å². The number of anilines is 1. The van der Waals surface area contributed by atoms with Crippen LogP contribution in [-0.2, 0) is 18.3 Å². The van der Waals surface area contributed by atoms with Crippen LogP contribution in [0.2, 0.25) is 0 Å². The fourth-order valence-corrected chi connectivity index (χ4v) is 4.03. The molecule has 1 fully saturated rings. The van der Waals surface area contributed by atoms with Crippen LogP contribution in [-0.4, -0.2) is 37.9 Å². The molecule has 0 unspecified atom stereocenters. The summed E-state index contributed by atoms with van der Waals surface area (Å²) in [6.07, 6.45) is 6.66. The molecule has 2 amide bonds. The summed E-state index contributed by atoms with van der Waals surface area (Å²) in [6, 6.07) is 2.95. The summed E-state index contributed by atoms with van der Waals surface area (Å²) in [4.78, 5) is 28.4. The van der Waals surface area contributed by atoms with Gasteiger partial charge in [0.25, 0.3) is 0 Å². The lowest BCUT2D eigenvalue weighted by molar-refractivity contribution is -0.119. The van der Waals surface area contributed by atoms with Gasteiger partial charge in [-0.05, 0) is 54.9 Å². The average Bonchev–Trinajstić information content (AvgIpc) is 2.99. The summed E-state index contributed by atoms with van der Waals surface area (Å²) in [6.45, 7) is 4.20. The van der Waals surface area contributed by atoms with E-state index >= 15 is 0 Å². The Kier molecular flexibility index (Phi) is 6.51. The number of rotatable bonds is 6. The van der Waals surface area contributed by atoms with E-state index in [1.54, 1.807) is 6.20 Å². The first-order chi connectivity index (χ1) is 13.8. The van der Waals surface area contributed by atoms with Crippen molar-refractivity contribution in [2.45, 2.75) is 52.0 Å². The van der Waals surface area contributed by atoms with E-state index in [9.17, 15) is 14.7 Å². The Morgan fingerprint density at radius 3 is 2.66 bits per heavy atom. The van der Waals surface area contributed by atoms with Crippen molar-refractivity contribution in [1.82, 2.24) is 20.1 Å². The van der Waals surface area contributed by atoms with Crippen LogP contribution in [0.15, 0.2) is 24.5 Å². The van der Waals surface area contributed by atoms with Gasteiger partial charge < -0.3 is 15.7 Å². The van der Waals surface area contributed by atoms with Crippen molar-refractivity contribution >= 4 is 17.8 Å². The number of nitrogens with one attached hydrogen (secondary N) is 2. The molecule has 1 aliphatic carbocycles. The van der Waals surface area contributed by atoms with Gasteiger partial charge in [0.2, 0.25) is 5.91 Å². The molecule has 156 valence electrons. The van der Waals surface area contributed by atoms with Gasteiger partial charge in [-0.15, -0.1) is 0 Å². The number of pyridine rings is 1. The molecule has 8 heteroatoms. The molecule has 3 N–H and O–H groups in total. The monoisotopic (exact) mass is 399 g/mol. The minimum absolute atomic E-state index is 0.00238. The number of aryl methyl sites for hydroxylation is 2. The number of carboxylic acid groups (broad SMARTS) is 1. The van der Waals surface area contributed by atoms with Gasteiger partial charge in [0, 0.05) is 25.4 Å². The Morgan fingerprint density at radius 2 is 2.03 bits per heavy atom. The molecule has 1 atom stereocenters. The third-order valence-corrected chi connectivity index (χ3v) is 5.81. The molecule has 1 aliphatic rings. The Bertz CT molecular complexity index is 851. The standard InChI is InChI=1S/C21H29N5O3/c1-13-4-6-16(7-5-13)19(25-21(28)29)20(27)24-18-11-15(8-9-22-18)10-17-14(2)12-23-26(17)3/h8-9,11-13,16,19,25H,4-7,10H2,1-3H3,(H,28,29)(H,22,24,27)/t13?,16?,19-/m0/s1. The van der Waals surface area contributed by atoms with E-state index in [-0.39, 0.29) is 11.8 Å². The number of carbonyl (C=O) groups excluding carboxylic acids is 1. The first-order valence-corrected chi connectivity index (χ1v) is 10.1. The van der Waals surface area contributed by atoms with Gasteiger partial charge in [0.1, 0.15) is 11.9 Å². The molecule has 8 nitrogen and oxygen atoms in total. The lowest BCUT2D eigenvalue weighted by Gasteiger charge is -2.31. The predicted octanol–water partition coefficient (Wildman–Crippen LogP) is 3.12. The fraction of sp³-hybridized carbons (Fsp3) is 0.524. The van der Waals surface area contributed by atoms with E-state index in [1.807, 2.05) is 37.0 Å². The normalized spacial score (nSPS) is 20.1. The highest BCUT2D eigenvalue weighted by Gasteiger charge is 2.32. The molecule has 3 rings (SSSR count). The van der Waals surface area contributed by atoms with E-state index in [1.165, 1.54) is 0 Å². The van der Waals surface area contributed by atoms with Crippen molar-refractivity contribution in [3.05, 3.63) is 41.3 Å². The van der Waals surface area contributed by atoms with E-state index in [0.29, 0.717) is 18.2 Å². The number of aromatic nitrogens is 3. The highest BCUT2D eigenvalue weighted by molar-refractivity contribution is 5.96. The summed E-state index contributed by atoms with van der Waals surface area (Å²) in [5.74, 6) is 0.693. The Hall–Kier alpha value is -2.90. The smallest absolute Gasteiger partial charge is 0.405 e. The maximum absolute atomic E-state index is 12.9. The van der Waals surface area contributed by atoms with Crippen LogP contribution in [0.3, 0.4) is 0 Å². The molecular formula is C21H29N5O3. The second-order valence-electron chi connectivity index (χ2n) is 8.06. The minimum atomic E-state index is -1.18. The second kappa shape index (κ2) is 9.07. The van der Waals surface area contributed by atoms with Crippen LogP contribution in [0.1, 0.15) is 49.4 Å². The van der Waals surface area contributed by atoms with Crippen molar-refractivity contribution in [3.63, 3.8) is 0 Å². The number of amides is 2. The minimum Gasteiger partial charge on any atom is -0.465 e. The van der Waals surface area contributed by atoms with Crippen molar-refractivity contribution in [3.8, 4) is 0 Å². The van der Waals surface area contributed by atoms with Crippen molar-refractivity contribution < 1.29 is 14.7 Å². The highest BCUT2D eigenvalue weighted by Crippen LogP contribution is 2.31. The van der Waals surface area contributed by atoms with Crippen LogP contribution in [0.25, 0.3) is 0 Å². The lowest BCUT2D eigenvalue weighted by atomic mass is 9.79. The summed E-state index contributed by atoms with van der Waals surface area (Å²) >= 11 is 0. The van der Waals surface area contributed by atoms with Gasteiger partial charge in [0.15, 0.2) is 0 Å². The molecule has 0 spiro atoms. The number of nitrogens with zero attached hydrogens (tertiary/aromatic N) is 3. The van der Waals surface area contributed by atoms with Gasteiger partial charge in [-0.1, -0.05) is 19.8 Å². The fourth-order valence-electron chi connectivity index (χ4n) is 4.03. The topological polar surface area (TPSA) is 109 Å². The molecule has 2 aromatic heterocycles. The quantitative estimate of drug-likeness (QED) is 0.691. The van der Waals surface area contributed by atoms with Crippen molar-refractivity contribution in [2.75, 3.05) is 5.32 Å². The summed E-state index contributed by atoms with van der Waals surface area (Å²) in [5.41, 5.74) is 3.19. The molecule has 29 heavy (non-hydrogen) atoms. The van der Waals surface area contributed by atoms with Crippen molar-refractivity contribution in [2.24, 2.45) is 18.9 Å². The summed E-state index contributed by atoms with van der Waals surface area (Å²) < 4.78 is 1.84. The third-order valence-electron chi connectivity index (χ3n) is 5.81. The number of carbonyl (C=O) groups is 2. The van der Waals surface area contributed by atoms with E-state index in [4.69, 9.17) is 0 Å². The van der Waals surface area contributed by atoms with E-state index in [0.717, 1.165) is 42.5 Å². The predicted molar refractivity (Wildman–Crippen MR) is 110 cm³/mol. The average molecular weight is 399 g/mol. The largest absolute Gasteiger partial charge is 0.465 e. The van der Waals surface area contributed by atoms with Gasteiger partial charge >= 0.3 is 6.09 Å². The molecule has 0 aromatic carbocycles. The Balaban J connectivity index is 1.71. The van der Waals surface area contributed by atoms with Crippen LogP contribution in [0.4, 0.5) is 10.6 Å². The Morgan fingerprint density at radius 1 is 1.31 bits per heavy atom. The first kappa shape index (κ1) is 20.8. The van der Waals surface area contributed by atoms with E-state index in [2.05, 4.69) is 27.6 Å². The highest BCUT2D eigenvalue weighted by atomic mass is 16.4. The zero-order valence-corrected chi connectivity index (χ0v) is 17.2. The van der Waals surface area contributed by atoms with Crippen LogP contribution in [0.5, 0.6) is 0 Å². The zero-order chi connectivity index (χ0) is 21.0. The zero-order valence-electron chi connectivity index (χ0n) is 17.2. The third kappa shape index (κ3) is 5.34. The lowest BCUT2D eigenvalue weighted by Crippen LogP contribution is -2.49. The molecule has 2 aromatic rings. The van der Waals surface area contributed by atoms with Gasteiger partial charge in [-0.2, -0.15) is 5.10 Å². The molecule has 0 saturated heterocycles. The van der Waals surface area contributed by atoms with Crippen molar-refractivity contribution in [1.29, 1.82) is 0 Å². The molecular weight excluding hydrogens is 370 g/mol.